The quantitative estimate of drug-likeness (QED) is 0.292. The minimum Gasteiger partial charge on any atom is -0.467 e. The first-order valence-electron chi connectivity index (χ1n) is 9.40. The van der Waals surface area contributed by atoms with E-state index in [9.17, 15) is 14.2 Å². The highest BCUT2D eigenvalue weighted by Gasteiger charge is 2.44. The molecule has 0 heterocycles. The lowest BCUT2D eigenvalue weighted by Gasteiger charge is -2.25. The van der Waals surface area contributed by atoms with E-state index in [0.717, 1.165) is 25.5 Å². The van der Waals surface area contributed by atoms with Crippen LogP contribution in [0.5, 0.6) is 0 Å². The number of esters is 1. The topological polar surface area (TPSA) is 100 Å². The largest absolute Gasteiger partial charge is 0.467 e. The van der Waals surface area contributed by atoms with E-state index in [4.69, 9.17) is 18.5 Å². The molecular weight excluding hydrogens is 385 g/mol. The third kappa shape index (κ3) is 8.42. The van der Waals surface area contributed by atoms with Gasteiger partial charge in [-0.2, -0.15) is 0 Å². The number of carbonyl (C=O) groups excluding carboxylic acids is 2. The van der Waals surface area contributed by atoms with Gasteiger partial charge in [-0.05, 0) is 18.4 Å². The zero-order valence-electron chi connectivity index (χ0n) is 16.7. The van der Waals surface area contributed by atoms with E-state index in [2.05, 4.69) is 5.32 Å². The molecular formula is C19H30NO7P. The van der Waals surface area contributed by atoms with Crippen LogP contribution >= 0.6 is 7.60 Å². The van der Waals surface area contributed by atoms with Crippen molar-refractivity contribution in [2.45, 2.75) is 51.9 Å². The predicted molar refractivity (Wildman–Crippen MR) is 105 cm³/mol. The van der Waals surface area contributed by atoms with Crippen LogP contribution in [0.4, 0.5) is 4.79 Å². The molecule has 0 aromatic heterocycles. The third-order valence-corrected chi connectivity index (χ3v) is 5.80. The standard InChI is InChI=1S/C19H30NO7P/c1-4-6-13-26-28(23,27-14-7-5-2)17(18(21)24-3)20-19(22)25-15-16-11-9-8-10-12-16/h8-12,17H,4-7,13-15H2,1-3H3,(H,20,22). The molecule has 0 aliphatic carbocycles. The first kappa shape index (κ1) is 24.1. The van der Waals surface area contributed by atoms with E-state index < -0.39 is 25.4 Å². The van der Waals surface area contributed by atoms with E-state index in [-0.39, 0.29) is 19.8 Å². The normalized spacial score (nSPS) is 12.2. The lowest BCUT2D eigenvalue weighted by Crippen LogP contribution is -2.42. The lowest BCUT2D eigenvalue weighted by molar-refractivity contribution is -0.141. The van der Waals surface area contributed by atoms with Gasteiger partial charge in [0.1, 0.15) is 6.61 Å². The zero-order valence-corrected chi connectivity index (χ0v) is 17.6. The van der Waals surface area contributed by atoms with Gasteiger partial charge in [0, 0.05) is 0 Å². The van der Waals surface area contributed by atoms with E-state index in [1.54, 1.807) is 12.1 Å². The van der Waals surface area contributed by atoms with Crippen LogP contribution in [0.1, 0.15) is 45.1 Å². The Morgan fingerprint density at radius 1 is 1.04 bits per heavy atom. The van der Waals surface area contributed by atoms with Crippen molar-refractivity contribution in [3.05, 3.63) is 35.9 Å². The molecule has 0 spiro atoms. The number of ether oxygens (including phenoxy) is 2. The molecule has 8 nitrogen and oxygen atoms in total. The Bertz CT molecular complexity index is 624. The second-order valence-corrected chi connectivity index (χ2v) is 8.16. The van der Waals surface area contributed by atoms with Gasteiger partial charge in [-0.3, -0.25) is 9.88 Å². The van der Waals surface area contributed by atoms with Gasteiger partial charge in [0.25, 0.3) is 0 Å². The third-order valence-electron chi connectivity index (χ3n) is 3.75. The first-order valence-corrected chi connectivity index (χ1v) is 11.0. The molecule has 0 saturated heterocycles. The lowest BCUT2D eigenvalue weighted by atomic mass is 10.2. The highest BCUT2D eigenvalue weighted by molar-refractivity contribution is 7.55. The van der Waals surface area contributed by atoms with Gasteiger partial charge in [-0.15, -0.1) is 0 Å². The van der Waals surface area contributed by atoms with Crippen LogP contribution in [-0.2, 0) is 34.5 Å². The van der Waals surface area contributed by atoms with E-state index in [0.29, 0.717) is 12.8 Å². The summed E-state index contributed by atoms with van der Waals surface area (Å²) in [6, 6.07) is 9.04. The zero-order chi connectivity index (χ0) is 20.8. The minimum atomic E-state index is -4.00. The van der Waals surface area contributed by atoms with Crippen LogP contribution in [0.3, 0.4) is 0 Å². The molecule has 1 rings (SSSR count). The Labute approximate surface area is 166 Å². The molecule has 0 radical (unpaired) electrons. The van der Waals surface area contributed by atoms with Crippen LogP contribution in [0.15, 0.2) is 30.3 Å². The fourth-order valence-corrected chi connectivity index (χ4v) is 3.88. The fraction of sp³-hybridized carbons (Fsp3) is 0.579. The Morgan fingerprint density at radius 3 is 2.11 bits per heavy atom. The number of methoxy groups -OCH3 is 1. The van der Waals surface area contributed by atoms with Gasteiger partial charge in [-0.25, -0.2) is 9.59 Å². The number of amides is 1. The Morgan fingerprint density at radius 2 is 1.61 bits per heavy atom. The highest BCUT2D eigenvalue weighted by atomic mass is 31.2. The van der Waals surface area contributed by atoms with Crippen molar-refractivity contribution in [3.8, 4) is 0 Å². The minimum absolute atomic E-state index is 0.00173. The van der Waals surface area contributed by atoms with Crippen molar-refractivity contribution >= 4 is 19.7 Å². The molecule has 0 fully saturated rings. The van der Waals surface area contributed by atoms with Crippen molar-refractivity contribution in [1.29, 1.82) is 0 Å². The second kappa shape index (κ2) is 13.3. The Hall–Kier alpha value is -1.89. The van der Waals surface area contributed by atoms with Gasteiger partial charge in [-0.1, -0.05) is 57.0 Å². The number of alkyl carbamates (subject to hydrolysis) is 1. The Balaban J connectivity index is 2.85. The molecule has 1 amide bonds. The maximum absolute atomic E-state index is 13.3. The highest BCUT2D eigenvalue weighted by Crippen LogP contribution is 2.52. The molecule has 9 heteroatoms. The average molecular weight is 415 g/mol. The van der Waals surface area contributed by atoms with Crippen LogP contribution in [0.25, 0.3) is 0 Å². The molecule has 1 N–H and O–H groups in total. The van der Waals surface area contributed by atoms with Crippen molar-refractivity contribution < 1.29 is 32.7 Å². The Kier molecular flexibility index (Phi) is 11.5. The first-order chi connectivity index (χ1) is 13.5. The van der Waals surface area contributed by atoms with Crippen LogP contribution in [-0.4, -0.2) is 38.2 Å². The smallest absolute Gasteiger partial charge is 0.408 e. The molecule has 1 unspecified atom stereocenters. The van der Waals surface area contributed by atoms with Gasteiger partial charge < -0.3 is 18.5 Å². The second-order valence-electron chi connectivity index (χ2n) is 6.05. The molecule has 158 valence electrons. The van der Waals surface area contributed by atoms with E-state index in [1.165, 1.54) is 0 Å². The summed E-state index contributed by atoms with van der Waals surface area (Å²) in [6.07, 6.45) is 1.97. The molecule has 1 aromatic carbocycles. The monoisotopic (exact) mass is 415 g/mol. The number of hydrogen-bond donors (Lipinski definition) is 1. The molecule has 1 atom stereocenters. The molecule has 0 saturated carbocycles. The summed E-state index contributed by atoms with van der Waals surface area (Å²) in [4.78, 5) is 24.4. The average Bonchev–Trinajstić information content (AvgIpc) is 2.71. The summed E-state index contributed by atoms with van der Waals surface area (Å²) in [5.41, 5.74) is 0.772. The molecule has 1 aromatic rings. The molecule has 28 heavy (non-hydrogen) atoms. The fourth-order valence-electron chi connectivity index (χ4n) is 2.11. The number of unbranched alkanes of at least 4 members (excludes halogenated alkanes) is 2. The summed E-state index contributed by atoms with van der Waals surface area (Å²) in [5.74, 6) is -2.53. The van der Waals surface area contributed by atoms with E-state index in [1.807, 2.05) is 32.0 Å². The van der Waals surface area contributed by atoms with Crippen molar-refractivity contribution in [1.82, 2.24) is 5.32 Å². The van der Waals surface area contributed by atoms with Crippen molar-refractivity contribution in [2.75, 3.05) is 20.3 Å². The maximum Gasteiger partial charge on any atom is 0.408 e. The van der Waals surface area contributed by atoms with Crippen LogP contribution in [0, 0.1) is 0 Å². The van der Waals surface area contributed by atoms with Crippen LogP contribution in [0.2, 0.25) is 0 Å². The number of hydrogen-bond acceptors (Lipinski definition) is 7. The van der Waals surface area contributed by atoms with Crippen molar-refractivity contribution in [2.24, 2.45) is 0 Å². The van der Waals surface area contributed by atoms with Gasteiger partial charge in [0.2, 0.25) is 5.78 Å². The summed E-state index contributed by atoms with van der Waals surface area (Å²) in [5, 5.41) is 2.28. The van der Waals surface area contributed by atoms with Gasteiger partial charge in [0.15, 0.2) is 0 Å². The van der Waals surface area contributed by atoms with Crippen molar-refractivity contribution in [3.63, 3.8) is 0 Å². The number of nitrogens with one attached hydrogen (secondary N) is 1. The SMILES string of the molecule is CCCCOP(=O)(OCCCC)C(NC(=O)OCc1ccccc1)C(=O)OC. The van der Waals surface area contributed by atoms with E-state index >= 15 is 0 Å². The number of carbonyl (C=O) groups is 2. The summed E-state index contributed by atoms with van der Waals surface area (Å²) in [6.45, 7) is 4.16. The maximum atomic E-state index is 13.3. The number of benzene rings is 1. The predicted octanol–water partition coefficient (Wildman–Crippen LogP) is 4.24. The number of rotatable bonds is 13. The summed E-state index contributed by atoms with van der Waals surface area (Å²) < 4.78 is 33.9. The molecule has 0 aliphatic rings. The van der Waals surface area contributed by atoms with Gasteiger partial charge >= 0.3 is 19.7 Å². The molecule has 0 bridgehead atoms. The molecule has 0 aliphatic heterocycles. The summed E-state index contributed by atoms with van der Waals surface area (Å²) >= 11 is 0. The van der Waals surface area contributed by atoms with Crippen LogP contribution < -0.4 is 5.32 Å². The summed E-state index contributed by atoms with van der Waals surface area (Å²) in [7, 11) is -2.86. The van der Waals surface area contributed by atoms with Gasteiger partial charge in [0.05, 0.1) is 20.3 Å².